The summed E-state index contributed by atoms with van der Waals surface area (Å²) in [5, 5.41) is 12.7. The van der Waals surface area contributed by atoms with Gasteiger partial charge < -0.3 is 5.32 Å². The SMILES string of the molecule is Cc1cccc(-c2ccnc3c2c(C)nn3CC(=O)NCCCn2cccn2)c1. The number of nitrogens with one attached hydrogen (secondary N) is 1. The van der Waals surface area contributed by atoms with Gasteiger partial charge in [-0.05, 0) is 43.5 Å². The van der Waals surface area contributed by atoms with Gasteiger partial charge in [0, 0.05) is 37.1 Å². The van der Waals surface area contributed by atoms with Crippen LogP contribution in [0.3, 0.4) is 0 Å². The molecule has 7 nitrogen and oxygen atoms in total. The summed E-state index contributed by atoms with van der Waals surface area (Å²) in [6.07, 6.45) is 6.27. The largest absolute Gasteiger partial charge is 0.354 e. The third-order valence-corrected chi connectivity index (χ3v) is 4.88. The van der Waals surface area contributed by atoms with E-state index in [-0.39, 0.29) is 12.5 Å². The summed E-state index contributed by atoms with van der Waals surface area (Å²) in [4.78, 5) is 16.9. The third kappa shape index (κ3) is 4.18. The highest BCUT2D eigenvalue weighted by Gasteiger charge is 2.15. The van der Waals surface area contributed by atoms with Gasteiger partial charge in [-0.25, -0.2) is 9.67 Å². The predicted molar refractivity (Wildman–Crippen MR) is 112 cm³/mol. The van der Waals surface area contributed by atoms with E-state index in [0.717, 1.165) is 40.8 Å². The van der Waals surface area contributed by atoms with Crippen LogP contribution in [0.25, 0.3) is 22.2 Å². The topological polar surface area (TPSA) is 77.6 Å². The summed E-state index contributed by atoms with van der Waals surface area (Å²) in [7, 11) is 0. The van der Waals surface area contributed by atoms with Crippen LogP contribution < -0.4 is 5.32 Å². The van der Waals surface area contributed by atoms with Crippen molar-refractivity contribution in [2.45, 2.75) is 33.4 Å². The molecule has 0 saturated heterocycles. The second-order valence-corrected chi connectivity index (χ2v) is 7.14. The first-order valence-electron chi connectivity index (χ1n) is 9.75. The minimum Gasteiger partial charge on any atom is -0.354 e. The lowest BCUT2D eigenvalue weighted by Gasteiger charge is -2.07. The minimum absolute atomic E-state index is 0.0716. The van der Waals surface area contributed by atoms with E-state index in [2.05, 4.69) is 45.6 Å². The first kappa shape index (κ1) is 18.9. The number of aryl methyl sites for hydroxylation is 3. The Hall–Kier alpha value is -3.48. The molecule has 148 valence electrons. The molecule has 1 N–H and O–H groups in total. The lowest BCUT2D eigenvalue weighted by atomic mass is 10.0. The first-order chi connectivity index (χ1) is 14.1. The highest BCUT2D eigenvalue weighted by Crippen LogP contribution is 2.30. The van der Waals surface area contributed by atoms with Crippen LogP contribution in [0.4, 0.5) is 0 Å². The minimum atomic E-state index is -0.0716. The van der Waals surface area contributed by atoms with Gasteiger partial charge in [0.15, 0.2) is 5.65 Å². The summed E-state index contributed by atoms with van der Waals surface area (Å²) < 4.78 is 3.54. The molecule has 1 aromatic carbocycles. The summed E-state index contributed by atoms with van der Waals surface area (Å²) >= 11 is 0. The Morgan fingerprint density at radius 2 is 2.03 bits per heavy atom. The number of pyridine rings is 1. The fourth-order valence-corrected chi connectivity index (χ4v) is 3.54. The van der Waals surface area contributed by atoms with Gasteiger partial charge in [-0.3, -0.25) is 9.48 Å². The Balaban J connectivity index is 1.48. The van der Waals surface area contributed by atoms with Crippen molar-refractivity contribution in [2.75, 3.05) is 6.54 Å². The molecule has 0 spiro atoms. The van der Waals surface area contributed by atoms with Crippen LogP contribution in [0.2, 0.25) is 0 Å². The van der Waals surface area contributed by atoms with E-state index in [1.54, 1.807) is 17.1 Å². The van der Waals surface area contributed by atoms with Crippen molar-refractivity contribution < 1.29 is 4.79 Å². The monoisotopic (exact) mass is 388 g/mol. The van der Waals surface area contributed by atoms with Crippen LogP contribution in [-0.4, -0.2) is 37.0 Å². The van der Waals surface area contributed by atoms with Gasteiger partial charge in [0.1, 0.15) is 6.54 Å². The Morgan fingerprint density at radius 1 is 1.14 bits per heavy atom. The van der Waals surface area contributed by atoms with Crippen LogP contribution in [0.5, 0.6) is 0 Å². The second-order valence-electron chi connectivity index (χ2n) is 7.14. The molecule has 0 unspecified atom stereocenters. The van der Waals surface area contributed by atoms with E-state index in [1.165, 1.54) is 5.56 Å². The van der Waals surface area contributed by atoms with Crippen molar-refractivity contribution in [1.82, 2.24) is 29.9 Å². The van der Waals surface area contributed by atoms with Crippen LogP contribution in [0.15, 0.2) is 55.0 Å². The molecule has 0 saturated carbocycles. The maximum atomic E-state index is 12.4. The van der Waals surface area contributed by atoms with Crippen molar-refractivity contribution in [1.29, 1.82) is 0 Å². The standard InChI is InChI=1S/C22H24N6O/c1-16-6-3-7-18(14-16)19-8-11-24-22-21(19)17(2)26-28(22)15-20(29)23-9-4-12-27-13-5-10-25-27/h3,5-8,10-11,13-14H,4,9,12,15H2,1-2H3,(H,23,29). The summed E-state index contributed by atoms with van der Waals surface area (Å²) in [6, 6.07) is 12.3. The fraction of sp³-hybridized carbons (Fsp3) is 0.273. The number of aromatic nitrogens is 5. The molecule has 0 fully saturated rings. The zero-order chi connectivity index (χ0) is 20.2. The molecular formula is C22H24N6O. The van der Waals surface area contributed by atoms with Crippen LogP contribution in [-0.2, 0) is 17.9 Å². The number of amides is 1. The molecule has 0 aliphatic heterocycles. The number of hydrogen-bond donors (Lipinski definition) is 1. The number of fused-ring (bicyclic) bond motifs is 1. The van der Waals surface area contributed by atoms with Crippen LogP contribution in [0.1, 0.15) is 17.7 Å². The lowest BCUT2D eigenvalue weighted by Crippen LogP contribution is -2.29. The number of benzene rings is 1. The second kappa shape index (κ2) is 8.26. The summed E-state index contributed by atoms with van der Waals surface area (Å²) in [5.41, 5.74) is 5.02. The molecule has 4 aromatic rings. The van der Waals surface area contributed by atoms with E-state index in [9.17, 15) is 4.79 Å². The van der Waals surface area contributed by atoms with E-state index in [0.29, 0.717) is 6.54 Å². The van der Waals surface area contributed by atoms with Gasteiger partial charge in [-0.15, -0.1) is 0 Å². The first-order valence-corrected chi connectivity index (χ1v) is 9.75. The van der Waals surface area contributed by atoms with Crippen molar-refractivity contribution in [3.05, 3.63) is 66.2 Å². The molecule has 3 aromatic heterocycles. The van der Waals surface area contributed by atoms with Gasteiger partial charge in [-0.1, -0.05) is 29.8 Å². The maximum absolute atomic E-state index is 12.4. The summed E-state index contributed by atoms with van der Waals surface area (Å²) in [6.45, 7) is 5.56. The lowest BCUT2D eigenvalue weighted by molar-refractivity contribution is -0.121. The van der Waals surface area contributed by atoms with E-state index < -0.39 is 0 Å². The molecule has 0 aliphatic carbocycles. The number of carbonyl (C=O) groups is 1. The molecular weight excluding hydrogens is 364 g/mol. The van der Waals surface area contributed by atoms with Gasteiger partial charge in [0.2, 0.25) is 5.91 Å². The molecule has 0 aliphatic rings. The zero-order valence-electron chi connectivity index (χ0n) is 16.7. The van der Waals surface area contributed by atoms with E-state index >= 15 is 0 Å². The van der Waals surface area contributed by atoms with Crippen molar-refractivity contribution in [3.8, 4) is 11.1 Å². The number of nitrogens with zero attached hydrogens (tertiary/aromatic N) is 5. The highest BCUT2D eigenvalue weighted by molar-refractivity contribution is 5.95. The maximum Gasteiger partial charge on any atom is 0.241 e. The molecule has 0 atom stereocenters. The smallest absolute Gasteiger partial charge is 0.241 e. The number of rotatable bonds is 7. The van der Waals surface area contributed by atoms with Gasteiger partial charge in [0.05, 0.1) is 5.69 Å². The predicted octanol–water partition coefficient (Wildman–Crippen LogP) is 3.12. The zero-order valence-corrected chi connectivity index (χ0v) is 16.7. The quantitative estimate of drug-likeness (QED) is 0.494. The van der Waals surface area contributed by atoms with Crippen LogP contribution >= 0.6 is 0 Å². The fourth-order valence-electron chi connectivity index (χ4n) is 3.54. The normalized spacial score (nSPS) is 11.1. The summed E-state index contributed by atoms with van der Waals surface area (Å²) in [5.74, 6) is -0.0716. The molecule has 0 radical (unpaired) electrons. The molecule has 4 rings (SSSR count). The van der Waals surface area contributed by atoms with Crippen molar-refractivity contribution in [2.24, 2.45) is 0 Å². The van der Waals surface area contributed by atoms with Crippen molar-refractivity contribution in [3.63, 3.8) is 0 Å². The van der Waals surface area contributed by atoms with Gasteiger partial charge >= 0.3 is 0 Å². The average Bonchev–Trinajstić information content (AvgIpc) is 3.34. The molecule has 7 heteroatoms. The third-order valence-electron chi connectivity index (χ3n) is 4.88. The number of carbonyl (C=O) groups excluding carboxylic acids is 1. The molecule has 3 heterocycles. The van der Waals surface area contributed by atoms with E-state index in [4.69, 9.17) is 0 Å². The Labute approximate surface area is 169 Å². The highest BCUT2D eigenvalue weighted by atomic mass is 16.2. The van der Waals surface area contributed by atoms with Crippen LogP contribution in [0, 0.1) is 13.8 Å². The Kier molecular flexibility index (Phi) is 5.37. The van der Waals surface area contributed by atoms with Crippen molar-refractivity contribution >= 4 is 16.9 Å². The average molecular weight is 388 g/mol. The van der Waals surface area contributed by atoms with Gasteiger partial charge in [-0.2, -0.15) is 10.2 Å². The molecule has 29 heavy (non-hydrogen) atoms. The number of hydrogen-bond acceptors (Lipinski definition) is 4. The van der Waals surface area contributed by atoms with Gasteiger partial charge in [0.25, 0.3) is 0 Å². The van der Waals surface area contributed by atoms with E-state index in [1.807, 2.05) is 36.0 Å². The molecule has 1 amide bonds. The Morgan fingerprint density at radius 3 is 2.83 bits per heavy atom. The Bertz CT molecular complexity index is 1130. The molecule has 0 bridgehead atoms.